The van der Waals surface area contributed by atoms with Crippen molar-refractivity contribution in [3.05, 3.63) is 40.9 Å². The van der Waals surface area contributed by atoms with Gasteiger partial charge in [-0.05, 0) is 36.4 Å². The molecular formula is C17H19ClN4O4S2. The van der Waals surface area contributed by atoms with Crippen LogP contribution in [-0.2, 0) is 19.6 Å². The molecular weight excluding hydrogens is 424 g/mol. The Kier molecular flexibility index (Phi) is 6.65. The Morgan fingerprint density at radius 3 is 2.82 bits per heavy atom. The summed E-state index contributed by atoms with van der Waals surface area (Å²) in [5, 5.41) is 4.84. The number of carbonyl (C=O) groups excluding carboxylic acids is 2. The Bertz CT molecular complexity index is 933. The molecule has 1 saturated heterocycles. The number of hydrogen-bond donors (Lipinski definition) is 2. The number of rotatable bonds is 6. The van der Waals surface area contributed by atoms with Crippen molar-refractivity contribution >= 4 is 50.6 Å². The van der Waals surface area contributed by atoms with E-state index in [0.717, 1.165) is 11.3 Å². The molecule has 1 fully saturated rings. The van der Waals surface area contributed by atoms with Crippen LogP contribution in [0.4, 0.5) is 5.82 Å². The molecule has 2 aromatic heterocycles. The van der Waals surface area contributed by atoms with Crippen LogP contribution in [0.3, 0.4) is 0 Å². The topological polar surface area (TPSA) is 108 Å². The van der Waals surface area contributed by atoms with Crippen molar-refractivity contribution in [2.24, 2.45) is 5.92 Å². The Morgan fingerprint density at radius 1 is 1.32 bits per heavy atom. The molecule has 28 heavy (non-hydrogen) atoms. The molecule has 0 aliphatic carbocycles. The van der Waals surface area contributed by atoms with Gasteiger partial charge in [0.25, 0.3) is 10.0 Å². The lowest BCUT2D eigenvalue weighted by Crippen LogP contribution is -2.47. The standard InChI is InChI=1S/C17H19ClN4O4S2/c18-13-5-6-14(19-9-13)21-17(24)12-3-1-7-22(11-12)15(23)10-20-28(25,26)16-4-2-8-27-16/h2,4-6,8-9,12,20H,1,3,7,10-11H2,(H,19,21,24). The van der Waals surface area contributed by atoms with E-state index in [1.54, 1.807) is 23.6 Å². The molecule has 0 spiro atoms. The number of piperidine rings is 1. The van der Waals surface area contributed by atoms with Gasteiger partial charge < -0.3 is 10.2 Å². The number of nitrogens with zero attached hydrogens (tertiary/aromatic N) is 2. The minimum Gasteiger partial charge on any atom is -0.341 e. The van der Waals surface area contributed by atoms with Gasteiger partial charge in [0.2, 0.25) is 11.8 Å². The van der Waals surface area contributed by atoms with Crippen LogP contribution in [0.15, 0.2) is 40.1 Å². The molecule has 2 aromatic rings. The molecule has 8 nitrogen and oxygen atoms in total. The molecule has 0 bridgehead atoms. The molecule has 2 N–H and O–H groups in total. The molecule has 11 heteroatoms. The first-order valence-electron chi connectivity index (χ1n) is 8.58. The molecule has 3 heterocycles. The van der Waals surface area contributed by atoms with Gasteiger partial charge in [-0.15, -0.1) is 11.3 Å². The SMILES string of the molecule is O=C(Nc1ccc(Cl)cn1)C1CCCN(C(=O)CNS(=O)(=O)c2cccs2)C1. The van der Waals surface area contributed by atoms with Gasteiger partial charge in [-0.25, -0.2) is 18.1 Å². The van der Waals surface area contributed by atoms with Crippen LogP contribution in [0, 0.1) is 5.92 Å². The Hall–Kier alpha value is -2.01. The number of halogens is 1. The van der Waals surface area contributed by atoms with Crippen molar-refractivity contribution in [1.82, 2.24) is 14.6 Å². The van der Waals surface area contributed by atoms with Crippen molar-refractivity contribution in [3.63, 3.8) is 0 Å². The van der Waals surface area contributed by atoms with E-state index in [1.807, 2.05) is 0 Å². The first-order chi connectivity index (χ1) is 13.3. The van der Waals surface area contributed by atoms with Gasteiger partial charge in [-0.3, -0.25) is 9.59 Å². The highest BCUT2D eigenvalue weighted by Gasteiger charge is 2.29. The zero-order chi connectivity index (χ0) is 20.1. The molecule has 2 amide bonds. The lowest BCUT2D eigenvalue weighted by Gasteiger charge is -2.32. The van der Waals surface area contributed by atoms with E-state index in [0.29, 0.717) is 30.2 Å². The first-order valence-corrected chi connectivity index (χ1v) is 11.3. The molecule has 1 aliphatic rings. The van der Waals surface area contributed by atoms with Gasteiger partial charge in [-0.1, -0.05) is 17.7 Å². The maximum absolute atomic E-state index is 12.5. The summed E-state index contributed by atoms with van der Waals surface area (Å²) < 4.78 is 26.7. The fraction of sp³-hybridized carbons (Fsp3) is 0.353. The fourth-order valence-corrected chi connectivity index (χ4v) is 4.98. The molecule has 150 valence electrons. The van der Waals surface area contributed by atoms with E-state index >= 15 is 0 Å². The predicted octanol–water partition coefficient (Wildman–Crippen LogP) is 1.95. The lowest BCUT2D eigenvalue weighted by molar-refractivity contribution is -0.133. The third-order valence-corrected chi connectivity index (χ3v) is 7.32. The highest BCUT2D eigenvalue weighted by atomic mass is 35.5. The van der Waals surface area contributed by atoms with Crippen LogP contribution < -0.4 is 10.0 Å². The van der Waals surface area contributed by atoms with Crippen molar-refractivity contribution < 1.29 is 18.0 Å². The van der Waals surface area contributed by atoms with Crippen LogP contribution in [0.5, 0.6) is 0 Å². The number of sulfonamides is 1. The molecule has 1 aliphatic heterocycles. The number of hydrogen-bond acceptors (Lipinski definition) is 6. The predicted molar refractivity (Wildman–Crippen MR) is 107 cm³/mol. The van der Waals surface area contributed by atoms with E-state index in [1.165, 1.54) is 17.2 Å². The number of likely N-dealkylation sites (tertiary alicyclic amines) is 1. The summed E-state index contributed by atoms with van der Waals surface area (Å²) in [5.41, 5.74) is 0. The van der Waals surface area contributed by atoms with E-state index in [4.69, 9.17) is 11.6 Å². The Balaban J connectivity index is 1.54. The van der Waals surface area contributed by atoms with Gasteiger partial charge in [0, 0.05) is 19.3 Å². The summed E-state index contributed by atoms with van der Waals surface area (Å²) in [6, 6.07) is 6.33. The summed E-state index contributed by atoms with van der Waals surface area (Å²) in [7, 11) is -3.70. The summed E-state index contributed by atoms with van der Waals surface area (Å²) in [6.07, 6.45) is 2.74. The smallest absolute Gasteiger partial charge is 0.250 e. The van der Waals surface area contributed by atoms with Gasteiger partial charge in [-0.2, -0.15) is 0 Å². The third kappa shape index (κ3) is 5.28. The minimum absolute atomic E-state index is 0.159. The molecule has 0 saturated carbocycles. The molecule has 1 unspecified atom stereocenters. The van der Waals surface area contributed by atoms with Gasteiger partial charge in [0.1, 0.15) is 10.0 Å². The molecule has 3 rings (SSSR count). The maximum atomic E-state index is 12.5. The zero-order valence-electron chi connectivity index (χ0n) is 14.8. The van der Waals surface area contributed by atoms with Crippen LogP contribution in [-0.4, -0.2) is 49.8 Å². The van der Waals surface area contributed by atoms with Crippen molar-refractivity contribution in [2.45, 2.75) is 17.1 Å². The van der Waals surface area contributed by atoms with Gasteiger partial charge >= 0.3 is 0 Å². The number of carbonyl (C=O) groups is 2. The van der Waals surface area contributed by atoms with Crippen LogP contribution in [0.2, 0.25) is 5.02 Å². The summed E-state index contributed by atoms with van der Waals surface area (Å²) in [5.74, 6) is -0.584. The average Bonchev–Trinajstić information content (AvgIpc) is 3.24. The van der Waals surface area contributed by atoms with Crippen LogP contribution in [0.1, 0.15) is 12.8 Å². The summed E-state index contributed by atoms with van der Waals surface area (Å²) in [4.78, 5) is 30.4. The highest BCUT2D eigenvalue weighted by molar-refractivity contribution is 7.91. The second-order valence-corrected chi connectivity index (χ2v) is 9.66. The second kappa shape index (κ2) is 8.99. The minimum atomic E-state index is -3.70. The van der Waals surface area contributed by atoms with Crippen molar-refractivity contribution in [3.8, 4) is 0 Å². The van der Waals surface area contributed by atoms with Gasteiger partial charge in [0.05, 0.1) is 17.5 Å². The number of pyridine rings is 1. The zero-order valence-corrected chi connectivity index (χ0v) is 17.2. The van der Waals surface area contributed by atoms with Gasteiger partial charge in [0.15, 0.2) is 0 Å². The average molecular weight is 443 g/mol. The molecule has 0 radical (unpaired) electrons. The molecule has 0 aromatic carbocycles. The Labute approximate surface area is 172 Å². The van der Waals surface area contributed by atoms with Crippen LogP contribution >= 0.6 is 22.9 Å². The normalized spacial score (nSPS) is 17.3. The summed E-state index contributed by atoms with van der Waals surface area (Å²) in [6.45, 7) is 0.384. The van der Waals surface area contributed by atoms with E-state index in [9.17, 15) is 18.0 Å². The van der Waals surface area contributed by atoms with E-state index in [-0.39, 0.29) is 35.0 Å². The van der Waals surface area contributed by atoms with Crippen molar-refractivity contribution in [1.29, 1.82) is 0 Å². The molecule has 1 atom stereocenters. The second-order valence-electron chi connectivity index (χ2n) is 6.29. The van der Waals surface area contributed by atoms with E-state index < -0.39 is 10.0 Å². The highest BCUT2D eigenvalue weighted by Crippen LogP contribution is 2.19. The first kappa shape index (κ1) is 20.7. The third-order valence-electron chi connectivity index (χ3n) is 4.30. The number of nitrogens with one attached hydrogen (secondary N) is 2. The fourth-order valence-electron chi connectivity index (χ4n) is 2.85. The number of aromatic nitrogens is 1. The monoisotopic (exact) mass is 442 g/mol. The lowest BCUT2D eigenvalue weighted by atomic mass is 9.97. The number of anilines is 1. The number of amides is 2. The van der Waals surface area contributed by atoms with Crippen LogP contribution in [0.25, 0.3) is 0 Å². The van der Waals surface area contributed by atoms with Crippen molar-refractivity contribution in [2.75, 3.05) is 25.0 Å². The maximum Gasteiger partial charge on any atom is 0.250 e. The number of thiophene rings is 1. The largest absolute Gasteiger partial charge is 0.341 e. The quantitative estimate of drug-likeness (QED) is 0.710. The summed E-state index contributed by atoms with van der Waals surface area (Å²) >= 11 is 6.86. The Morgan fingerprint density at radius 2 is 2.14 bits per heavy atom. The van der Waals surface area contributed by atoms with E-state index in [2.05, 4.69) is 15.0 Å².